The first-order valence-corrected chi connectivity index (χ1v) is 7.12. The van der Waals surface area contributed by atoms with E-state index in [9.17, 15) is 4.79 Å². The van der Waals surface area contributed by atoms with Crippen LogP contribution in [-0.4, -0.2) is 24.0 Å². The molecule has 1 aromatic carbocycles. The van der Waals surface area contributed by atoms with Crippen molar-refractivity contribution in [3.63, 3.8) is 0 Å². The van der Waals surface area contributed by atoms with Gasteiger partial charge in [-0.15, -0.1) is 0 Å². The summed E-state index contributed by atoms with van der Waals surface area (Å²) in [5.74, 6) is 0.107. The molecule has 1 aromatic rings. The predicted molar refractivity (Wildman–Crippen MR) is 76.6 cm³/mol. The van der Waals surface area contributed by atoms with Crippen LogP contribution in [0.4, 0.5) is 0 Å². The number of benzene rings is 1. The van der Waals surface area contributed by atoms with Crippen molar-refractivity contribution >= 4 is 12.0 Å². The Labute approximate surface area is 114 Å². The number of rotatable bonds is 2. The molecular formula is C16H20N2O. The van der Waals surface area contributed by atoms with Crippen LogP contribution in [0.1, 0.15) is 31.2 Å². The fourth-order valence-electron chi connectivity index (χ4n) is 3.00. The van der Waals surface area contributed by atoms with Crippen LogP contribution in [0.2, 0.25) is 0 Å². The van der Waals surface area contributed by atoms with Gasteiger partial charge in [-0.2, -0.15) is 0 Å². The van der Waals surface area contributed by atoms with Crippen LogP contribution < -0.4 is 10.6 Å². The van der Waals surface area contributed by atoms with E-state index >= 15 is 0 Å². The second-order valence-electron chi connectivity index (χ2n) is 5.42. The minimum absolute atomic E-state index is 0.107. The highest BCUT2D eigenvalue weighted by Gasteiger charge is 2.34. The van der Waals surface area contributed by atoms with Gasteiger partial charge in [-0.3, -0.25) is 10.1 Å². The Morgan fingerprint density at radius 1 is 1.05 bits per heavy atom. The number of hydrogen-bond acceptors (Lipinski definition) is 2. The molecule has 1 unspecified atom stereocenters. The van der Waals surface area contributed by atoms with Crippen molar-refractivity contribution in [3.8, 4) is 0 Å². The lowest BCUT2D eigenvalue weighted by molar-refractivity contribution is -0.125. The lowest BCUT2D eigenvalue weighted by Gasteiger charge is -2.39. The third-order valence-electron chi connectivity index (χ3n) is 4.05. The molecular weight excluding hydrogens is 236 g/mol. The first kappa shape index (κ1) is 12.4. The molecule has 1 amide bonds. The molecule has 2 N–H and O–H groups in total. The number of carbonyl (C=O) groups excluding carboxylic acids is 1. The monoisotopic (exact) mass is 256 g/mol. The van der Waals surface area contributed by atoms with Gasteiger partial charge in [0.25, 0.3) is 0 Å². The van der Waals surface area contributed by atoms with Gasteiger partial charge in [0.05, 0.1) is 0 Å². The number of carbonyl (C=O) groups is 1. The van der Waals surface area contributed by atoms with Gasteiger partial charge < -0.3 is 5.32 Å². The highest BCUT2D eigenvalue weighted by molar-refractivity contribution is 5.86. The van der Waals surface area contributed by atoms with E-state index in [1.54, 1.807) is 0 Å². The summed E-state index contributed by atoms with van der Waals surface area (Å²) < 4.78 is 0. The molecule has 2 fully saturated rings. The zero-order valence-electron chi connectivity index (χ0n) is 11.0. The molecule has 3 heteroatoms. The van der Waals surface area contributed by atoms with Crippen LogP contribution in [0.25, 0.3) is 6.08 Å². The summed E-state index contributed by atoms with van der Waals surface area (Å²) in [7, 11) is 0. The first-order chi connectivity index (χ1) is 9.33. The maximum Gasteiger partial charge on any atom is 0.241 e. The molecule has 0 spiro atoms. The number of hydrogen-bond donors (Lipinski definition) is 2. The standard InChI is InChI=1S/C16H20N2O/c19-16-15(11-10-12-6-2-1-3-7-12)17-13-8-4-5-9-14(13)18-16/h1-3,6-7,10-11,13-15,17H,4-5,8-9H2,(H,18,19)/b11-10+/t13-,14-,15?/m0/s1. The van der Waals surface area contributed by atoms with Crippen molar-refractivity contribution in [2.45, 2.75) is 43.8 Å². The van der Waals surface area contributed by atoms with Gasteiger partial charge in [0.15, 0.2) is 0 Å². The van der Waals surface area contributed by atoms with Gasteiger partial charge in [0.1, 0.15) is 6.04 Å². The van der Waals surface area contributed by atoms with Crippen molar-refractivity contribution in [1.82, 2.24) is 10.6 Å². The molecule has 2 aliphatic rings. The van der Waals surface area contributed by atoms with Crippen molar-refractivity contribution in [2.24, 2.45) is 0 Å². The molecule has 100 valence electrons. The topological polar surface area (TPSA) is 41.1 Å². The van der Waals surface area contributed by atoms with E-state index in [0.29, 0.717) is 12.1 Å². The molecule has 1 saturated heterocycles. The second-order valence-corrected chi connectivity index (χ2v) is 5.42. The molecule has 3 rings (SSSR count). The summed E-state index contributed by atoms with van der Waals surface area (Å²) >= 11 is 0. The Hall–Kier alpha value is -1.61. The lowest BCUT2D eigenvalue weighted by atomic mass is 9.87. The zero-order valence-corrected chi connectivity index (χ0v) is 11.0. The number of amides is 1. The number of fused-ring (bicyclic) bond motifs is 1. The molecule has 3 atom stereocenters. The van der Waals surface area contributed by atoms with Gasteiger partial charge in [-0.25, -0.2) is 0 Å². The van der Waals surface area contributed by atoms with Crippen molar-refractivity contribution in [1.29, 1.82) is 0 Å². The average Bonchev–Trinajstić information content (AvgIpc) is 2.46. The van der Waals surface area contributed by atoms with Crippen LogP contribution in [0.3, 0.4) is 0 Å². The number of nitrogens with one attached hydrogen (secondary N) is 2. The van der Waals surface area contributed by atoms with Crippen molar-refractivity contribution in [3.05, 3.63) is 42.0 Å². The molecule has 0 aromatic heterocycles. The third-order valence-corrected chi connectivity index (χ3v) is 4.05. The molecule has 0 bridgehead atoms. The molecule has 1 heterocycles. The Bertz CT molecular complexity index is 469. The largest absolute Gasteiger partial charge is 0.350 e. The fraction of sp³-hybridized carbons (Fsp3) is 0.438. The van der Waals surface area contributed by atoms with Gasteiger partial charge in [0.2, 0.25) is 5.91 Å². The van der Waals surface area contributed by atoms with E-state index in [4.69, 9.17) is 0 Å². The summed E-state index contributed by atoms with van der Waals surface area (Å²) in [4.78, 5) is 12.0. The second kappa shape index (κ2) is 5.57. The van der Waals surface area contributed by atoms with Crippen LogP contribution in [-0.2, 0) is 4.79 Å². The highest BCUT2D eigenvalue weighted by atomic mass is 16.2. The van der Waals surface area contributed by atoms with Crippen LogP contribution in [0.15, 0.2) is 36.4 Å². The van der Waals surface area contributed by atoms with E-state index in [-0.39, 0.29) is 11.9 Å². The van der Waals surface area contributed by atoms with Gasteiger partial charge in [-0.1, -0.05) is 55.3 Å². The van der Waals surface area contributed by atoms with E-state index in [1.165, 1.54) is 19.3 Å². The highest BCUT2D eigenvalue weighted by Crippen LogP contribution is 2.22. The smallest absolute Gasteiger partial charge is 0.241 e. The molecule has 1 aliphatic carbocycles. The summed E-state index contributed by atoms with van der Waals surface area (Å²) in [6, 6.07) is 10.7. The summed E-state index contributed by atoms with van der Waals surface area (Å²) in [6.45, 7) is 0. The van der Waals surface area contributed by atoms with Crippen LogP contribution in [0, 0.1) is 0 Å². The van der Waals surface area contributed by atoms with Crippen LogP contribution in [0.5, 0.6) is 0 Å². The molecule has 1 saturated carbocycles. The maximum absolute atomic E-state index is 12.0. The maximum atomic E-state index is 12.0. The Morgan fingerprint density at radius 3 is 2.58 bits per heavy atom. The van der Waals surface area contributed by atoms with E-state index in [0.717, 1.165) is 12.0 Å². The molecule has 0 radical (unpaired) electrons. The number of piperazine rings is 1. The SMILES string of the molecule is O=C1N[C@H]2CCCC[C@@H]2NC1/C=C/c1ccccc1. The zero-order chi connectivity index (χ0) is 13.1. The lowest BCUT2D eigenvalue weighted by Crippen LogP contribution is -2.64. The summed E-state index contributed by atoms with van der Waals surface area (Å²) in [6.07, 6.45) is 8.75. The Balaban J connectivity index is 1.67. The summed E-state index contributed by atoms with van der Waals surface area (Å²) in [5, 5.41) is 6.63. The summed E-state index contributed by atoms with van der Waals surface area (Å²) in [5.41, 5.74) is 1.13. The van der Waals surface area contributed by atoms with Crippen LogP contribution >= 0.6 is 0 Å². The van der Waals surface area contributed by atoms with Crippen molar-refractivity contribution < 1.29 is 4.79 Å². The van der Waals surface area contributed by atoms with Gasteiger partial charge in [-0.05, 0) is 18.4 Å². The Morgan fingerprint density at radius 2 is 1.79 bits per heavy atom. The first-order valence-electron chi connectivity index (χ1n) is 7.12. The molecule has 19 heavy (non-hydrogen) atoms. The predicted octanol–water partition coefficient (Wildman–Crippen LogP) is 2.10. The molecule has 3 nitrogen and oxygen atoms in total. The van der Waals surface area contributed by atoms with E-state index in [1.807, 2.05) is 42.5 Å². The van der Waals surface area contributed by atoms with Gasteiger partial charge in [0, 0.05) is 12.1 Å². The minimum Gasteiger partial charge on any atom is -0.350 e. The normalized spacial score (nSPS) is 30.9. The Kier molecular flexibility index (Phi) is 3.65. The minimum atomic E-state index is -0.195. The average molecular weight is 256 g/mol. The van der Waals surface area contributed by atoms with E-state index < -0.39 is 0 Å². The van der Waals surface area contributed by atoms with Gasteiger partial charge >= 0.3 is 0 Å². The van der Waals surface area contributed by atoms with E-state index in [2.05, 4.69) is 10.6 Å². The van der Waals surface area contributed by atoms with Crippen molar-refractivity contribution in [2.75, 3.05) is 0 Å². The third kappa shape index (κ3) is 2.87. The molecule has 1 aliphatic heterocycles. The quantitative estimate of drug-likeness (QED) is 0.851. The fourth-order valence-corrected chi connectivity index (χ4v) is 3.00.